The lowest BCUT2D eigenvalue weighted by Crippen LogP contribution is -2.48. The summed E-state index contributed by atoms with van der Waals surface area (Å²) in [5.74, 6) is 0. The Morgan fingerprint density at radius 1 is 1.13 bits per heavy atom. The normalized spacial score (nSPS) is 16.8. The van der Waals surface area contributed by atoms with E-state index < -0.39 is 10.0 Å². The van der Waals surface area contributed by atoms with Crippen LogP contribution < -0.4 is 4.72 Å². The summed E-state index contributed by atoms with van der Waals surface area (Å²) in [6.45, 7) is 3.55. The topological polar surface area (TPSA) is 55.4 Å². The second kappa shape index (κ2) is 6.24. The number of nitrogens with one attached hydrogen (secondary N) is 1. The summed E-state index contributed by atoms with van der Waals surface area (Å²) in [7, 11) is -3.51. The Morgan fingerprint density at radius 2 is 1.83 bits per heavy atom. The van der Waals surface area contributed by atoms with E-state index in [0.717, 1.165) is 11.1 Å². The summed E-state index contributed by atoms with van der Waals surface area (Å²) in [5.41, 5.74) is 1.77. The van der Waals surface area contributed by atoms with Crippen molar-refractivity contribution in [3.63, 3.8) is 0 Å². The number of rotatable bonds is 5. The average molecular weight is 352 g/mol. The SMILES string of the molecule is CC1(CNS(=O)(=O)c2ccc(-c3cccc(Cl)c3)cc2)COC1. The van der Waals surface area contributed by atoms with Crippen LogP contribution in [-0.2, 0) is 14.8 Å². The van der Waals surface area contributed by atoms with Crippen molar-refractivity contribution in [1.82, 2.24) is 4.72 Å². The molecule has 0 aromatic heterocycles. The molecule has 0 atom stereocenters. The fourth-order valence-corrected chi connectivity index (χ4v) is 3.79. The highest BCUT2D eigenvalue weighted by Gasteiger charge is 2.34. The zero-order chi connectivity index (χ0) is 16.5. The summed E-state index contributed by atoms with van der Waals surface area (Å²) < 4.78 is 32.5. The van der Waals surface area contributed by atoms with Crippen molar-refractivity contribution in [2.45, 2.75) is 11.8 Å². The maximum Gasteiger partial charge on any atom is 0.240 e. The second-order valence-electron chi connectivity index (χ2n) is 6.16. The van der Waals surface area contributed by atoms with Gasteiger partial charge in [0.15, 0.2) is 0 Å². The molecule has 2 aromatic rings. The monoisotopic (exact) mass is 351 g/mol. The lowest BCUT2D eigenvalue weighted by Gasteiger charge is -2.37. The van der Waals surface area contributed by atoms with Crippen molar-refractivity contribution in [3.8, 4) is 11.1 Å². The molecule has 3 rings (SSSR count). The lowest BCUT2D eigenvalue weighted by atomic mass is 9.89. The Kier molecular flexibility index (Phi) is 4.47. The van der Waals surface area contributed by atoms with Crippen molar-refractivity contribution >= 4 is 21.6 Å². The van der Waals surface area contributed by atoms with E-state index in [4.69, 9.17) is 16.3 Å². The fraction of sp³-hybridized carbons (Fsp3) is 0.294. The molecular weight excluding hydrogens is 334 g/mol. The van der Waals surface area contributed by atoms with E-state index in [1.165, 1.54) is 0 Å². The van der Waals surface area contributed by atoms with Gasteiger partial charge in [-0.15, -0.1) is 0 Å². The predicted octanol–water partition coefficient (Wildman–Crippen LogP) is 3.32. The summed E-state index contributed by atoms with van der Waals surface area (Å²) in [4.78, 5) is 0.257. The van der Waals surface area contributed by atoms with Crippen LogP contribution in [0, 0.1) is 5.41 Å². The number of halogens is 1. The van der Waals surface area contributed by atoms with E-state index in [1.54, 1.807) is 30.3 Å². The van der Waals surface area contributed by atoms with Crippen LogP contribution in [0.15, 0.2) is 53.4 Å². The average Bonchev–Trinajstić information content (AvgIpc) is 2.51. The third-order valence-corrected chi connectivity index (χ3v) is 5.56. The number of ether oxygens (including phenoxy) is 1. The molecule has 1 aliphatic heterocycles. The summed E-state index contributed by atoms with van der Waals surface area (Å²) in [6, 6.07) is 14.2. The highest BCUT2D eigenvalue weighted by atomic mass is 35.5. The van der Waals surface area contributed by atoms with Crippen LogP contribution in [0.1, 0.15) is 6.92 Å². The molecule has 0 bridgehead atoms. The van der Waals surface area contributed by atoms with Gasteiger partial charge < -0.3 is 4.74 Å². The highest BCUT2D eigenvalue weighted by molar-refractivity contribution is 7.89. The molecule has 2 aromatic carbocycles. The van der Waals surface area contributed by atoms with E-state index >= 15 is 0 Å². The van der Waals surface area contributed by atoms with Crippen LogP contribution in [0.3, 0.4) is 0 Å². The molecule has 4 nitrogen and oxygen atoms in total. The van der Waals surface area contributed by atoms with Gasteiger partial charge in [0.2, 0.25) is 10.0 Å². The van der Waals surface area contributed by atoms with Crippen LogP contribution in [0.2, 0.25) is 5.02 Å². The molecule has 0 amide bonds. The molecule has 0 aliphatic carbocycles. The Morgan fingerprint density at radius 3 is 2.39 bits per heavy atom. The zero-order valence-corrected chi connectivity index (χ0v) is 14.3. The Hall–Kier alpha value is -1.40. The first-order valence-electron chi connectivity index (χ1n) is 7.31. The first-order chi connectivity index (χ1) is 10.9. The molecule has 0 unspecified atom stereocenters. The smallest absolute Gasteiger partial charge is 0.240 e. The van der Waals surface area contributed by atoms with Gasteiger partial charge in [-0.2, -0.15) is 0 Å². The van der Waals surface area contributed by atoms with Gasteiger partial charge in [-0.3, -0.25) is 0 Å². The first kappa shape index (κ1) is 16.5. The number of benzene rings is 2. The van der Waals surface area contributed by atoms with Crippen molar-refractivity contribution in [2.24, 2.45) is 5.41 Å². The molecule has 1 fully saturated rings. The van der Waals surface area contributed by atoms with Crippen molar-refractivity contribution in [3.05, 3.63) is 53.6 Å². The Labute approximate surface area is 141 Å². The van der Waals surface area contributed by atoms with E-state index in [0.29, 0.717) is 24.8 Å². The van der Waals surface area contributed by atoms with Gasteiger partial charge in [-0.25, -0.2) is 13.1 Å². The minimum Gasteiger partial charge on any atom is -0.380 e. The minimum atomic E-state index is -3.51. The van der Waals surface area contributed by atoms with E-state index in [2.05, 4.69) is 4.72 Å². The molecule has 0 spiro atoms. The summed E-state index contributed by atoms with van der Waals surface area (Å²) >= 11 is 5.99. The maximum atomic E-state index is 12.3. The standard InChI is InChI=1S/C17H18ClNO3S/c1-17(11-22-12-17)10-19-23(20,21)16-7-5-13(6-8-16)14-3-2-4-15(18)9-14/h2-9,19H,10-12H2,1H3. The summed E-state index contributed by atoms with van der Waals surface area (Å²) in [6.07, 6.45) is 0. The van der Waals surface area contributed by atoms with Crippen molar-refractivity contribution < 1.29 is 13.2 Å². The van der Waals surface area contributed by atoms with Gasteiger partial charge in [-0.05, 0) is 35.4 Å². The van der Waals surface area contributed by atoms with Gasteiger partial charge in [0.1, 0.15) is 0 Å². The van der Waals surface area contributed by atoms with Crippen molar-refractivity contribution in [1.29, 1.82) is 0 Å². The number of hydrogen-bond acceptors (Lipinski definition) is 3. The van der Waals surface area contributed by atoms with Crippen molar-refractivity contribution in [2.75, 3.05) is 19.8 Å². The van der Waals surface area contributed by atoms with E-state index in [1.807, 2.05) is 25.1 Å². The first-order valence-corrected chi connectivity index (χ1v) is 9.18. The van der Waals surface area contributed by atoms with Crippen LogP contribution in [0.25, 0.3) is 11.1 Å². The van der Waals surface area contributed by atoms with E-state index in [-0.39, 0.29) is 10.3 Å². The van der Waals surface area contributed by atoms with E-state index in [9.17, 15) is 8.42 Å². The quantitative estimate of drug-likeness (QED) is 0.899. The van der Waals surface area contributed by atoms with Crippen LogP contribution in [-0.4, -0.2) is 28.2 Å². The van der Waals surface area contributed by atoms with Gasteiger partial charge in [0.25, 0.3) is 0 Å². The predicted molar refractivity (Wildman–Crippen MR) is 91.0 cm³/mol. The summed E-state index contributed by atoms with van der Waals surface area (Å²) in [5, 5.41) is 0.650. The van der Waals surface area contributed by atoms with Gasteiger partial charge in [0, 0.05) is 17.0 Å². The molecule has 1 heterocycles. The molecule has 0 saturated carbocycles. The minimum absolute atomic E-state index is 0.103. The molecule has 122 valence electrons. The third-order valence-electron chi connectivity index (χ3n) is 3.91. The highest BCUT2D eigenvalue weighted by Crippen LogP contribution is 2.27. The maximum absolute atomic E-state index is 12.3. The Balaban J connectivity index is 1.75. The number of sulfonamides is 1. The molecular formula is C17H18ClNO3S. The molecule has 0 radical (unpaired) electrons. The molecule has 1 aliphatic rings. The molecule has 1 N–H and O–H groups in total. The van der Waals surface area contributed by atoms with Gasteiger partial charge >= 0.3 is 0 Å². The number of hydrogen-bond donors (Lipinski definition) is 1. The molecule has 6 heteroatoms. The van der Waals surface area contributed by atoms with Crippen LogP contribution in [0.4, 0.5) is 0 Å². The molecule has 1 saturated heterocycles. The molecule has 23 heavy (non-hydrogen) atoms. The second-order valence-corrected chi connectivity index (χ2v) is 8.37. The third kappa shape index (κ3) is 3.75. The van der Waals surface area contributed by atoms with Crippen LogP contribution >= 0.6 is 11.6 Å². The largest absolute Gasteiger partial charge is 0.380 e. The van der Waals surface area contributed by atoms with Gasteiger partial charge in [-0.1, -0.05) is 42.8 Å². The fourth-order valence-electron chi connectivity index (χ4n) is 2.40. The lowest BCUT2D eigenvalue weighted by molar-refractivity contribution is -0.0965. The van der Waals surface area contributed by atoms with Gasteiger partial charge in [0.05, 0.1) is 18.1 Å². The van der Waals surface area contributed by atoms with Crippen LogP contribution in [0.5, 0.6) is 0 Å². The Bertz CT molecular complexity index is 799. The zero-order valence-electron chi connectivity index (χ0n) is 12.8.